The van der Waals surface area contributed by atoms with E-state index in [2.05, 4.69) is 11.9 Å². The fraction of sp³-hybridized carbons (Fsp3) is 1.00. The topological polar surface area (TPSA) is 29.3 Å². The van der Waals surface area contributed by atoms with Gasteiger partial charge in [0.15, 0.2) is 0 Å². The van der Waals surface area contributed by atoms with Crippen LogP contribution in [-0.4, -0.2) is 31.6 Å². The lowest BCUT2D eigenvalue weighted by atomic mass is 9.73. The minimum Gasteiger partial charge on any atom is -0.330 e. The first-order chi connectivity index (χ1) is 6.77. The molecule has 2 fully saturated rings. The number of likely N-dealkylation sites (tertiary alicyclic amines) is 1. The summed E-state index contributed by atoms with van der Waals surface area (Å²) in [6.07, 6.45) is 8.43. The summed E-state index contributed by atoms with van der Waals surface area (Å²) in [5.41, 5.74) is 6.42. The SMILES string of the molecule is CN1CCCC(CCN)(C2CC2)CC1. The zero-order chi connectivity index (χ0) is 10.0. The van der Waals surface area contributed by atoms with E-state index in [1.807, 2.05) is 0 Å². The Morgan fingerprint density at radius 2 is 2.07 bits per heavy atom. The molecule has 1 unspecified atom stereocenters. The molecular weight excluding hydrogens is 172 g/mol. The molecule has 0 bridgehead atoms. The number of rotatable bonds is 3. The first-order valence-electron chi connectivity index (χ1n) is 6.15. The average molecular weight is 196 g/mol. The summed E-state index contributed by atoms with van der Waals surface area (Å²) in [5.74, 6) is 1.03. The van der Waals surface area contributed by atoms with Gasteiger partial charge in [0, 0.05) is 0 Å². The molecule has 2 aliphatic rings. The summed E-state index contributed by atoms with van der Waals surface area (Å²) in [4.78, 5) is 2.49. The van der Waals surface area contributed by atoms with Crippen molar-refractivity contribution < 1.29 is 0 Å². The third kappa shape index (κ3) is 2.12. The molecular formula is C12H24N2. The van der Waals surface area contributed by atoms with Crippen LogP contribution in [0.4, 0.5) is 0 Å². The maximum Gasteiger partial charge on any atom is -0.00164 e. The molecule has 82 valence electrons. The van der Waals surface area contributed by atoms with Gasteiger partial charge in [-0.25, -0.2) is 0 Å². The monoisotopic (exact) mass is 196 g/mol. The molecule has 1 saturated heterocycles. The molecule has 0 amide bonds. The highest BCUT2D eigenvalue weighted by molar-refractivity contribution is 4.95. The Balaban J connectivity index is 2.01. The predicted molar refractivity (Wildman–Crippen MR) is 60.2 cm³/mol. The molecule has 14 heavy (non-hydrogen) atoms. The third-order valence-electron chi connectivity index (χ3n) is 4.29. The molecule has 0 aromatic heterocycles. The Kier molecular flexibility index (Phi) is 3.13. The van der Waals surface area contributed by atoms with Crippen molar-refractivity contribution in [3.63, 3.8) is 0 Å². The largest absolute Gasteiger partial charge is 0.330 e. The molecule has 0 aromatic carbocycles. The smallest absolute Gasteiger partial charge is 0.00164 e. The second kappa shape index (κ2) is 4.19. The summed E-state index contributed by atoms with van der Waals surface area (Å²) in [6, 6.07) is 0. The highest BCUT2D eigenvalue weighted by Crippen LogP contribution is 2.53. The van der Waals surface area contributed by atoms with E-state index in [4.69, 9.17) is 5.73 Å². The Bertz CT molecular complexity index is 189. The van der Waals surface area contributed by atoms with E-state index in [0.29, 0.717) is 5.41 Å². The minimum absolute atomic E-state index is 0.638. The van der Waals surface area contributed by atoms with Crippen LogP contribution >= 0.6 is 0 Å². The molecule has 1 saturated carbocycles. The Morgan fingerprint density at radius 3 is 2.71 bits per heavy atom. The fourth-order valence-electron chi connectivity index (χ4n) is 3.20. The first kappa shape index (κ1) is 10.4. The minimum atomic E-state index is 0.638. The highest BCUT2D eigenvalue weighted by atomic mass is 15.1. The van der Waals surface area contributed by atoms with Gasteiger partial charge in [-0.05, 0) is 76.5 Å². The normalized spacial score (nSPS) is 35.6. The van der Waals surface area contributed by atoms with Crippen molar-refractivity contribution in [1.29, 1.82) is 0 Å². The van der Waals surface area contributed by atoms with Gasteiger partial charge in [0.2, 0.25) is 0 Å². The van der Waals surface area contributed by atoms with E-state index in [-0.39, 0.29) is 0 Å². The number of nitrogens with two attached hydrogens (primary N) is 1. The predicted octanol–water partition coefficient (Wildman–Crippen LogP) is 1.85. The van der Waals surface area contributed by atoms with Gasteiger partial charge in [-0.1, -0.05) is 0 Å². The molecule has 1 aliphatic heterocycles. The standard InChI is InChI=1S/C12H24N2/c1-14-9-2-5-12(6-8-13,7-10-14)11-3-4-11/h11H,2-10,13H2,1H3. The number of hydrogen-bond acceptors (Lipinski definition) is 2. The molecule has 1 aliphatic carbocycles. The lowest BCUT2D eigenvalue weighted by molar-refractivity contribution is 0.185. The fourth-order valence-corrected chi connectivity index (χ4v) is 3.20. The van der Waals surface area contributed by atoms with Crippen LogP contribution in [0, 0.1) is 11.3 Å². The van der Waals surface area contributed by atoms with E-state index in [9.17, 15) is 0 Å². The van der Waals surface area contributed by atoms with E-state index in [1.165, 1.54) is 51.6 Å². The third-order valence-corrected chi connectivity index (χ3v) is 4.29. The summed E-state index contributed by atoms with van der Waals surface area (Å²) in [7, 11) is 2.26. The maximum absolute atomic E-state index is 5.78. The van der Waals surface area contributed by atoms with E-state index in [0.717, 1.165) is 12.5 Å². The van der Waals surface area contributed by atoms with Crippen molar-refractivity contribution in [3.05, 3.63) is 0 Å². The lowest BCUT2D eigenvalue weighted by Gasteiger charge is -2.32. The van der Waals surface area contributed by atoms with E-state index in [1.54, 1.807) is 0 Å². The van der Waals surface area contributed by atoms with Gasteiger partial charge in [0.1, 0.15) is 0 Å². The zero-order valence-electron chi connectivity index (χ0n) is 9.47. The maximum atomic E-state index is 5.78. The van der Waals surface area contributed by atoms with E-state index < -0.39 is 0 Å². The van der Waals surface area contributed by atoms with Crippen molar-refractivity contribution in [3.8, 4) is 0 Å². The van der Waals surface area contributed by atoms with Gasteiger partial charge in [0.05, 0.1) is 0 Å². The summed E-state index contributed by atoms with van der Waals surface area (Å²) < 4.78 is 0. The van der Waals surface area contributed by atoms with Crippen molar-refractivity contribution >= 4 is 0 Å². The van der Waals surface area contributed by atoms with Crippen LogP contribution in [0.2, 0.25) is 0 Å². The molecule has 2 rings (SSSR count). The Labute approximate surface area is 87.8 Å². The van der Waals surface area contributed by atoms with Crippen molar-refractivity contribution in [2.45, 2.75) is 38.5 Å². The molecule has 0 aromatic rings. The highest BCUT2D eigenvalue weighted by Gasteiger charge is 2.44. The summed E-state index contributed by atoms with van der Waals surface area (Å²) in [6.45, 7) is 3.47. The summed E-state index contributed by atoms with van der Waals surface area (Å²) >= 11 is 0. The molecule has 2 nitrogen and oxygen atoms in total. The number of hydrogen-bond donors (Lipinski definition) is 1. The van der Waals surface area contributed by atoms with Crippen LogP contribution < -0.4 is 5.73 Å². The second-order valence-electron chi connectivity index (χ2n) is 5.33. The molecule has 2 heteroatoms. The quantitative estimate of drug-likeness (QED) is 0.746. The van der Waals surface area contributed by atoms with Gasteiger partial charge in [-0.3, -0.25) is 0 Å². The van der Waals surface area contributed by atoms with Crippen LogP contribution in [0.25, 0.3) is 0 Å². The number of nitrogens with zero attached hydrogens (tertiary/aromatic N) is 1. The van der Waals surface area contributed by atoms with Crippen molar-refractivity contribution in [2.24, 2.45) is 17.1 Å². The van der Waals surface area contributed by atoms with Gasteiger partial charge in [-0.2, -0.15) is 0 Å². The van der Waals surface area contributed by atoms with Gasteiger partial charge in [-0.15, -0.1) is 0 Å². The Hall–Kier alpha value is -0.0800. The lowest BCUT2D eigenvalue weighted by Crippen LogP contribution is -2.28. The molecule has 0 radical (unpaired) electrons. The van der Waals surface area contributed by atoms with Crippen LogP contribution in [0.15, 0.2) is 0 Å². The first-order valence-corrected chi connectivity index (χ1v) is 6.15. The zero-order valence-corrected chi connectivity index (χ0v) is 9.47. The summed E-state index contributed by atoms with van der Waals surface area (Å²) in [5, 5.41) is 0. The second-order valence-corrected chi connectivity index (χ2v) is 5.33. The van der Waals surface area contributed by atoms with Crippen LogP contribution in [-0.2, 0) is 0 Å². The molecule has 2 N–H and O–H groups in total. The molecule has 0 spiro atoms. The Morgan fingerprint density at radius 1 is 1.29 bits per heavy atom. The van der Waals surface area contributed by atoms with Gasteiger partial charge >= 0.3 is 0 Å². The van der Waals surface area contributed by atoms with Crippen LogP contribution in [0.5, 0.6) is 0 Å². The molecule has 1 atom stereocenters. The van der Waals surface area contributed by atoms with Crippen LogP contribution in [0.1, 0.15) is 38.5 Å². The van der Waals surface area contributed by atoms with Crippen LogP contribution in [0.3, 0.4) is 0 Å². The van der Waals surface area contributed by atoms with Crippen molar-refractivity contribution in [2.75, 3.05) is 26.7 Å². The van der Waals surface area contributed by atoms with Gasteiger partial charge in [0.25, 0.3) is 0 Å². The van der Waals surface area contributed by atoms with Crippen molar-refractivity contribution in [1.82, 2.24) is 4.90 Å². The van der Waals surface area contributed by atoms with E-state index >= 15 is 0 Å². The van der Waals surface area contributed by atoms with Gasteiger partial charge < -0.3 is 10.6 Å². The molecule has 1 heterocycles. The average Bonchev–Trinajstić information content (AvgIpc) is 2.95.